The van der Waals surface area contributed by atoms with Crippen molar-refractivity contribution < 1.29 is 13.6 Å². The van der Waals surface area contributed by atoms with Crippen LogP contribution in [0.2, 0.25) is 0 Å². The van der Waals surface area contributed by atoms with E-state index in [1.54, 1.807) is 0 Å². The molecule has 2 heterocycles. The molecule has 0 radical (unpaired) electrons. The van der Waals surface area contributed by atoms with Gasteiger partial charge in [-0.15, -0.1) is 0 Å². The van der Waals surface area contributed by atoms with Gasteiger partial charge in [0.05, 0.1) is 6.54 Å². The van der Waals surface area contributed by atoms with Crippen molar-refractivity contribution in [1.82, 2.24) is 4.90 Å². The first-order valence-corrected chi connectivity index (χ1v) is 6.97. The monoisotopic (exact) mass is 280 g/mol. The minimum Gasteiger partial charge on any atom is -0.371 e. The highest BCUT2D eigenvalue weighted by Gasteiger charge is 2.45. The van der Waals surface area contributed by atoms with Crippen molar-refractivity contribution in [3.8, 4) is 0 Å². The second-order valence-corrected chi connectivity index (χ2v) is 5.99. The third-order valence-corrected chi connectivity index (χ3v) is 4.32. The lowest BCUT2D eigenvalue weighted by Crippen LogP contribution is -2.63. The first-order valence-electron chi connectivity index (χ1n) is 6.97. The molecule has 0 N–H and O–H groups in total. The maximum atomic E-state index is 13.3. The van der Waals surface area contributed by atoms with Crippen LogP contribution in [0.1, 0.15) is 12.8 Å². The van der Waals surface area contributed by atoms with E-state index in [9.17, 15) is 13.6 Å². The number of anilines is 1. The summed E-state index contributed by atoms with van der Waals surface area (Å²) in [5.41, 5.74) is 0.805. The highest BCUT2D eigenvalue weighted by molar-refractivity contribution is 5.52. The van der Waals surface area contributed by atoms with Gasteiger partial charge in [-0.05, 0) is 25.0 Å². The lowest BCUT2D eigenvalue weighted by Gasteiger charge is -2.54. The van der Waals surface area contributed by atoms with Gasteiger partial charge in [0, 0.05) is 43.3 Å². The van der Waals surface area contributed by atoms with Crippen molar-refractivity contribution in [3.05, 3.63) is 29.8 Å². The molecule has 0 bridgehead atoms. The van der Waals surface area contributed by atoms with E-state index in [1.807, 2.05) is 0 Å². The average molecular weight is 280 g/mol. The predicted octanol–water partition coefficient (Wildman–Crippen LogP) is 2.07. The minimum absolute atomic E-state index is 0.185. The maximum absolute atomic E-state index is 13.3. The van der Waals surface area contributed by atoms with Gasteiger partial charge in [-0.3, -0.25) is 4.90 Å². The van der Waals surface area contributed by atoms with Gasteiger partial charge in [-0.1, -0.05) is 0 Å². The number of rotatable bonds is 3. The molecule has 0 unspecified atom stereocenters. The van der Waals surface area contributed by atoms with Crippen molar-refractivity contribution >= 4 is 12.0 Å². The number of likely N-dealkylation sites (tertiary alicyclic amines) is 1. The quantitative estimate of drug-likeness (QED) is 0.792. The van der Waals surface area contributed by atoms with Gasteiger partial charge in [0.2, 0.25) is 0 Å². The number of piperidine rings is 1. The van der Waals surface area contributed by atoms with Crippen molar-refractivity contribution in [2.24, 2.45) is 5.41 Å². The molecule has 0 amide bonds. The molecule has 5 heteroatoms. The Labute approximate surface area is 117 Å². The zero-order valence-corrected chi connectivity index (χ0v) is 11.3. The van der Waals surface area contributed by atoms with E-state index in [2.05, 4.69) is 9.80 Å². The molecule has 0 aromatic heterocycles. The third kappa shape index (κ3) is 2.54. The Morgan fingerprint density at radius 3 is 2.50 bits per heavy atom. The van der Waals surface area contributed by atoms with Crippen LogP contribution in [-0.4, -0.2) is 43.9 Å². The molecule has 0 aliphatic carbocycles. The van der Waals surface area contributed by atoms with E-state index in [1.165, 1.54) is 12.1 Å². The number of carbonyl (C=O) groups is 1. The molecule has 3 rings (SSSR count). The summed E-state index contributed by atoms with van der Waals surface area (Å²) >= 11 is 0. The fourth-order valence-electron chi connectivity index (χ4n) is 3.55. The van der Waals surface area contributed by atoms with Crippen LogP contribution < -0.4 is 4.90 Å². The second-order valence-electron chi connectivity index (χ2n) is 5.99. The SMILES string of the molecule is O=CCN1CC2(CCCN(c3cc(F)cc(F)c3)C2)C1. The Hall–Kier alpha value is -1.49. The molecule has 2 aliphatic rings. The largest absolute Gasteiger partial charge is 0.371 e. The van der Waals surface area contributed by atoms with Crippen LogP contribution in [0.15, 0.2) is 18.2 Å². The fourth-order valence-corrected chi connectivity index (χ4v) is 3.55. The Morgan fingerprint density at radius 2 is 1.85 bits per heavy atom. The van der Waals surface area contributed by atoms with Gasteiger partial charge >= 0.3 is 0 Å². The normalized spacial score (nSPS) is 21.8. The van der Waals surface area contributed by atoms with Crippen LogP contribution in [0.4, 0.5) is 14.5 Å². The highest BCUT2D eigenvalue weighted by atomic mass is 19.1. The first kappa shape index (κ1) is 13.5. The summed E-state index contributed by atoms with van der Waals surface area (Å²) in [5.74, 6) is -1.06. The molecule has 20 heavy (non-hydrogen) atoms. The van der Waals surface area contributed by atoms with Crippen molar-refractivity contribution in [1.29, 1.82) is 0 Å². The number of hydrogen-bond acceptors (Lipinski definition) is 3. The molecule has 3 nitrogen and oxygen atoms in total. The number of benzene rings is 1. The van der Waals surface area contributed by atoms with Crippen LogP contribution in [0.5, 0.6) is 0 Å². The molecule has 108 valence electrons. The Bertz CT molecular complexity index is 494. The van der Waals surface area contributed by atoms with E-state index in [0.29, 0.717) is 12.2 Å². The topological polar surface area (TPSA) is 23.6 Å². The van der Waals surface area contributed by atoms with Gasteiger partial charge in [0.1, 0.15) is 17.9 Å². The summed E-state index contributed by atoms with van der Waals surface area (Å²) < 4.78 is 26.6. The standard InChI is InChI=1S/C15H18F2N2O/c16-12-6-13(17)8-14(7-12)19-3-1-2-15(11-19)9-18(10-15)4-5-20/h5-8H,1-4,9-11H2. The third-order valence-electron chi connectivity index (χ3n) is 4.32. The molecule has 0 saturated carbocycles. The Kier molecular flexibility index (Phi) is 3.46. The van der Waals surface area contributed by atoms with E-state index in [4.69, 9.17) is 0 Å². The van der Waals surface area contributed by atoms with Crippen LogP contribution >= 0.6 is 0 Å². The van der Waals surface area contributed by atoms with Crippen LogP contribution in [0.25, 0.3) is 0 Å². The summed E-state index contributed by atoms with van der Waals surface area (Å²) in [4.78, 5) is 14.7. The number of carbonyl (C=O) groups excluding carboxylic acids is 1. The van der Waals surface area contributed by atoms with Crippen molar-refractivity contribution in [2.75, 3.05) is 37.6 Å². The molecule has 2 saturated heterocycles. The Morgan fingerprint density at radius 1 is 1.15 bits per heavy atom. The zero-order chi connectivity index (χ0) is 14.2. The molecular weight excluding hydrogens is 262 g/mol. The van der Waals surface area contributed by atoms with E-state index >= 15 is 0 Å². The van der Waals surface area contributed by atoms with Crippen LogP contribution in [-0.2, 0) is 4.79 Å². The minimum atomic E-state index is -0.532. The smallest absolute Gasteiger partial charge is 0.133 e. The van der Waals surface area contributed by atoms with E-state index < -0.39 is 11.6 Å². The average Bonchev–Trinajstić information content (AvgIpc) is 2.36. The van der Waals surface area contributed by atoms with Gasteiger partial charge in [0.25, 0.3) is 0 Å². The molecule has 1 aromatic carbocycles. The van der Waals surface area contributed by atoms with Crippen molar-refractivity contribution in [3.63, 3.8) is 0 Å². The van der Waals surface area contributed by atoms with Gasteiger partial charge in [-0.2, -0.15) is 0 Å². The summed E-state index contributed by atoms with van der Waals surface area (Å²) in [7, 11) is 0. The summed E-state index contributed by atoms with van der Waals surface area (Å²) in [5, 5.41) is 0. The predicted molar refractivity (Wildman–Crippen MR) is 72.7 cm³/mol. The molecule has 0 atom stereocenters. The van der Waals surface area contributed by atoms with Gasteiger partial charge < -0.3 is 9.69 Å². The summed E-state index contributed by atoms with van der Waals surface area (Å²) in [6, 6.07) is 3.69. The fraction of sp³-hybridized carbons (Fsp3) is 0.533. The summed E-state index contributed by atoms with van der Waals surface area (Å²) in [6.45, 7) is 3.93. The van der Waals surface area contributed by atoms with Gasteiger partial charge in [0.15, 0.2) is 0 Å². The van der Waals surface area contributed by atoms with Crippen LogP contribution in [0.3, 0.4) is 0 Å². The lowest BCUT2D eigenvalue weighted by molar-refractivity contribution is -0.112. The number of halogens is 2. The van der Waals surface area contributed by atoms with E-state index in [0.717, 1.165) is 51.4 Å². The molecule has 1 spiro atoms. The molecule has 2 aliphatic heterocycles. The number of nitrogens with zero attached hydrogens (tertiary/aromatic N) is 2. The maximum Gasteiger partial charge on any atom is 0.133 e. The van der Waals surface area contributed by atoms with Crippen molar-refractivity contribution in [2.45, 2.75) is 12.8 Å². The number of hydrogen-bond donors (Lipinski definition) is 0. The molecule has 1 aromatic rings. The number of aldehydes is 1. The van der Waals surface area contributed by atoms with Gasteiger partial charge in [-0.25, -0.2) is 8.78 Å². The molecule has 2 fully saturated rings. The molecular formula is C15H18F2N2O. The highest BCUT2D eigenvalue weighted by Crippen LogP contribution is 2.40. The first-order chi connectivity index (χ1) is 9.60. The zero-order valence-electron chi connectivity index (χ0n) is 11.3. The van der Waals surface area contributed by atoms with Crippen LogP contribution in [0, 0.1) is 17.0 Å². The summed E-state index contributed by atoms with van der Waals surface area (Å²) in [6.07, 6.45) is 3.07. The van der Waals surface area contributed by atoms with E-state index in [-0.39, 0.29) is 5.41 Å². The lowest BCUT2D eigenvalue weighted by atomic mass is 9.73. The Balaban J connectivity index is 1.71. The second kappa shape index (κ2) is 5.13.